The first kappa shape index (κ1) is 14.0. The molecule has 3 nitrogen and oxygen atoms in total. The number of nitrogens with zero attached hydrogens (tertiary/aromatic N) is 1. The molecule has 0 saturated carbocycles. The molecule has 0 radical (unpaired) electrons. The average molecular weight is 331 g/mol. The molecule has 2 rings (SSSR count). The Morgan fingerprint density at radius 1 is 1.50 bits per heavy atom. The van der Waals surface area contributed by atoms with Gasteiger partial charge >= 0.3 is 0 Å². The third kappa shape index (κ3) is 3.80. The quantitative estimate of drug-likeness (QED) is 0.924. The van der Waals surface area contributed by atoms with Crippen LogP contribution in [-0.2, 0) is 11.2 Å². The van der Waals surface area contributed by atoms with Crippen LogP contribution in [0.15, 0.2) is 15.9 Å². The van der Waals surface area contributed by atoms with Gasteiger partial charge in [0.15, 0.2) is 0 Å². The van der Waals surface area contributed by atoms with Gasteiger partial charge in [-0.25, -0.2) is 0 Å². The van der Waals surface area contributed by atoms with E-state index in [2.05, 4.69) is 46.5 Å². The summed E-state index contributed by atoms with van der Waals surface area (Å²) in [6, 6.07) is 2.89. The van der Waals surface area contributed by atoms with E-state index in [0.29, 0.717) is 18.5 Å². The van der Waals surface area contributed by atoms with Gasteiger partial charge in [-0.2, -0.15) is 0 Å². The van der Waals surface area contributed by atoms with E-state index in [4.69, 9.17) is 0 Å². The van der Waals surface area contributed by atoms with Crippen LogP contribution in [0.5, 0.6) is 0 Å². The Labute approximate surface area is 121 Å². The third-order valence-corrected chi connectivity index (χ3v) is 4.87. The fourth-order valence-corrected chi connectivity index (χ4v) is 3.86. The monoisotopic (exact) mass is 330 g/mol. The van der Waals surface area contributed by atoms with E-state index in [9.17, 15) is 4.79 Å². The molecule has 1 aliphatic heterocycles. The predicted octanol–water partition coefficient (Wildman–Crippen LogP) is 2.65. The molecule has 1 aromatic heterocycles. The predicted molar refractivity (Wildman–Crippen MR) is 79.0 cm³/mol. The van der Waals surface area contributed by atoms with Crippen LogP contribution in [0.4, 0.5) is 0 Å². The highest BCUT2D eigenvalue weighted by Gasteiger charge is 2.24. The number of halogens is 1. The lowest BCUT2D eigenvalue weighted by Gasteiger charge is -2.36. The van der Waals surface area contributed by atoms with Gasteiger partial charge in [-0.1, -0.05) is 0 Å². The lowest BCUT2D eigenvalue weighted by atomic mass is 10.1. The summed E-state index contributed by atoms with van der Waals surface area (Å²) in [4.78, 5) is 15.4. The Hall–Kier alpha value is -0.390. The summed E-state index contributed by atoms with van der Waals surface area (Å²) in [7, 11) is 0. The number of nitrogens with one attached hydrogen (secondary N) is 1. The van der Waals surface area contributed by atoms with Crippen LogP contribution in [0.2, 0.25) is 0 Å². The number of carbonyl (C=O) groups excluding carboxylic acids is 1. The highest BCUT2D eigenvalue weighted by atomic mass is 79.9. The Kier molecular flexibility index (Phi) is 4.81. The minimum absolute atomic E-state index is 0.278. The van der Waals surface area contributed by atoms with Crippen molar-refractivity contribution in [1.82, 2.24) is 10.2 Å². The Morgan fingerprint density at radius 3 is 2.72 bits per heavy atom. The summed E-state index contributed by atoms with van der Waals surface area (Å²) in [6.45, 7) is 5.92. The molecule has 100 valence electrons. The summed E-state index contributed by atoms with van der Waals surface area (Å²) in [5, 5.41) is 5.51. The lowest BCUT2D eigenvalue weighted by molar-refractivity contribution is -0.132. The normalized spacial score (nSPS) is 24.3. The SMILES string of the molecule is C[C@@H]1CN(C(=O)CCc2cc(Br)cs2)C[C@H](C)N1. The van der Waals surface area contributed by atoms with Gasteiger partial charge < -0.3 is 10.2 Å². The second-order valence-corrected chi connectivity index (χ2v) is 6.91. The summed E-state index contributed by atoms with van der Waals surface area (Å²) >= 11 is 5.15. The van der Waals surface area contributed by atoms with Gasteiger partial charge in [0.2, 0.25) is 5.91 Å². The maximum atomic E-state index is 12.2. The maximum absolute atomic E-state index is 12.2. The molecule has 2 atom stereocenters. The molecule has 5 heteroatoms. The standard InChI is InChI=1S/C13H19BrN2OS/c1-9-6-16(7-10(2)15-9)13(17)4-3-12-5-11(14)8-18-12/h5,8-10,15H,3-4,6-7H2,1-2H3/t9-,10+. The van der Waals surface area contributed by atoms with E-state index < -0.39 is 0 Å². The number of piperazine rings is 1. The molecule has 0 aromatic carbocycles. The first-order chi connectivity index (χ1) is 8.54. The van der Waals surface area contributed by atoms with E-state index in [1.807, 2.05) is 4.90 Å². The van der Waals surface area contributed by atoms with Crippen LogP contribution in [-0.4, -0.2) is 36.0 Å². The molecule has 0 unspecified atom stereocenters. The molecular weight excluding hydrogens is 312 g/mol. The van der Waals surface area contributed by atoms with Crippen molar-refractivity contribution >= 4 is 33.2 Å². The number of hydrogen-bond donors (Lipinski definition) is 1. The highest BCUT2D eigenvalue weighted by molar-refractivity contribution is 9.10. The van der Waals surface area contributed by atoms with Crippen molar-refractivity contribution in [3.63, 3.8) is 0 Å². The van der Waals surface area contributed by atoms with Gasteiger partial charge in [-0.3, -0.25) is 4.79 Å². The van der Waals surface area contributed by atoms with E-state index >= 15 is 0 Å². The van der Waals surface area contributed by atoms with Gasteiger partial charge in [0.1, 0.15) is 0 Å². The molecule has 0 aliphatic carbocycles. The first-order valence-corrected chi connectivity index (χ1v) is 7.98. The molecule has 0 spiro atoms. The molecule has 1 N–H and O–H groups in total. The molecule has 1 aromatic rings. The van der Waals surface area contributed by atoms with Gasteiger partial charge in [0, 0.05) is 46.3 Å². The van der Waals surface area contributed by atoms with Crippen molar-refractivity contribution in [3.8, 4) is 0 Å². The van der Waals surface area contributed by atoms with Crippen molar-refractivity contribution in [1.29, 1.82) is 0 Å². The van der Waals surface area contributed by atoms with Gasteiger partial charge in [0.25, 0.3) is 0 Å². The zero-order chi connectivity index (χ0) is 13.1. The number of aryl methyl sites for hydroxylation is 1. The third-order valence-electron chi connectivity index (χ3n) is 3.12. The molecule has 1 aliphatic rings. The van der Waals surface area contributed by atoms with Crippen molar-refractivity contribution in [2.45, 2.75) is 38.8 Å². The van der Waals surface area contributed by atoms with E-state index in [0.717, 1.165) is 24.0 Å². The van der Waals surface area contributed by atoms with Crippen LogP contribution >= 0.6 is 27.3 Å². The zero-order valence-electron chi connectivity index (χ0n) is 10.8. The number of carbonyl (C=O) groups is 1. The second kappa shape index (κ2) is 6.17. The molecular formula is C13H19BrN2OS. The molecule has 0 bridgehead atoms. The van der Waals surface area contributed by atoms with E-state index in [1.165, 1.54) is 4.88 Å². The summed E-state index contributed by atoms with van der Waals surface area (Å²) in [5.74, 6) is 0.278. The van der Waals surface area contributed by atoms with Crippen LogP contribution in [0.25, 0.3) is 0 Å². The van der Waals surface area contributed by atoms with Crippen molar-refractivity contribution in [2.75, 3.05) is 13.1 Å². The summed E-state index contributed by atoms with van der Waals surface area (Å²) < 4.78 is 1.11. The summed E-state index contributed by atoms with van der Waals surface area (Å²) in [6.07, 6.45) is 1.47. The lowest BCUT2D eigenvalue weighted by Crippen LogP contribution is -2.55. The molecule has 2 heterocycles. The molecule has 1 saturated heterocycles. The highest BCUT2D eigenvalue weighted by Crippen LogP contribution is 2.21. The second-order valence-electron chi connectivity index (χ2n) is 5.00. The largest absolute Gasteiger partial charge is 0.340 e. The van der Waals surface area contributed by atoms with Gasteiger partial charge in [-0.05, 0) is 42.3 Å². The minimum atomic E-state index is 0.278. The first-order valence-electron chi connectivity index (χ1n) is 6.31. The molecule has 18 heavy (non-hydrogen) atoms. The van der Waals surface area contributed by atoms with Crippen molar-refractivity contribution in [3.05, 3.63) is 20.8 Å². The fourth-order valence-electron chi connectivity index (χ4n) is 2.40. The van der Waals surface area contributed by atoms with Crippen molar-refractivity contribution in [2.24, 2.45) is 0 Å². The van der Waals surface area contributed by atoms with Crippen LogP contribution in [0.3, 0.4) is 0 Å². The number of amides is 1. The fraction of sp³-hybridized carbons (Fsp3) is 0.615. The Bertz CT molecular complexity index is 411. The topological polar surface area (TPSA) is 32.3 Å². The summed E-state index contributed by atoms with van der Waals surface area (Å²) in [5.41, 5.74) is 0. The van der Waals surface area contributed by atoms with Gasteiger partial charge in [-0.15, -0.1) is 11.3 Å². The number of thiophene rings is 1. The smallest absolute Gasteiger partial charge is 0.223 e. The number of rotatable bonds is 3. The average Bonchev–Trinajstić information content (AvgIpc) is 2.70. The van der Waals surface area contributed by atoms with Crippen LogP contribution in [0, 0.1) is 0 Å². The van der Waals surface area contributed by atoms with Crippen LogP contribution < -0.4 is 5.32 Å². The maximum Gasteiger partial charge on any atom is 0.223 e. The molecule has 1 amide bonds. The zero-order valence-corrected chi connectivity index (χ0v) is 13.2. The van der Waals surface area contributed by atoms with E-state index in [-0.39, 0.29) is 5.91 Å². The van der Waals surface area contributed by atoms with Gasteiger partial charge in [0.05, 0.1) is 0 Å². The molecule has 1 fully saturated rings. The number of hydrogen-bond acceptors (Lipinski definition) is 3. The Balaban J connectivity index is 1.84. The minimum Gasteiger partial charge on any atom is -0.340 e. The van der Waals surface area contributed by atoms with Crippen molar-refractivity contribution < 1.29 is 4.79 Å². The van der Waals surface area contributed by atoms with E-state index in [1.54, 1.807) is 11.3 Å². The van der Waals surface area contributed by atoms with Crippen LogP contribution in [0.1, 0.15) is 25.1 Å². The Morgan fingerprint density at radius 2 is 2.17 bits per heavy atom.